The van der Waals surface area contributed by atoms with Crippen LogP contribution in [0.4, 0.5) is 0 Å². The summed E-state index contributed by atoms with van der Waals surface area (Å²) in [5.74, 6) is 0.204. The molecule has 154 valence electrons. The first kappa shape index (κ1) is 21.0. The van der Waals surface area contributed by atoms with E-state index in [2.05, 4.69) is 26.0 Å². The Balaban J connectivity index is 1.69. The molecular weight excluding hydrogens is 482 g/mol. The van der Waals surface area contributed by atoms with Gasteiger partial charge in [0, 0.05) is 15.1 Å². The van der Waals surface area contributed by atoms with Crippen molar-refractivity contribution in [3.63, 3.8) is 0 Å². The van der Waals surface area contributed by atoms with Crippen LogP contribution in [0.5, 0.6) is 5.75 Å². The normalized spacial score (nSPS) is 11.2. The highest BCUT2D eigenvalue weighted by atomic mass is 79.9. The minimum absolute atomic E-state index is 0.283. The molecular formula is C23H15BrClN3O3. The molecule has 1 aromatic heterocycles. The number of aromatic nitrogens is 2. The first-order chi connectivity index (χ1) is 14.9. The molecule has 0 radical (unpaired) electrons. The van der Waals surface area contributed by atoms with Crippen LogP contribution in [-0.2, 0) is 0 Å². The van der Waals surface area contributed by atoms with Crippen molar-refractivity contribution < 1.29 is 9.53 Å². The average molecular weight is 497 g/mol. The topological polar surface area (TPSA) is 73.6 Å². The molecule has 6 nitrogen and oxygen atoms in total. The minimum Gasteiger partial charge on any atom is -0.422 e. The quantitative estimate of drug-likeness (QED) is 0.220. The second-order valence-corrected chi connectivity index (χ2v) is 7.97. The van der Waals surface area contributed by atoms with Gasteiger partial charge in [-0.1, -0.05) is 39.7 Å². The molecule has 8 heteroatoms. The first-order valence-electron chi connectivity index (χ1n) is 9.22. The van der Waals surface area contributed by atoms with Gasteiger partial charge in [-0.25, -0.2) is 9.78 Å². The molecule has 4 rings (SSSR count). The highest BCUT2D eigenvalue weighted by Crippen LogP contribution is 2.23. The van der Waals surface area contributed by atoms with E-state index in [1.165, 1.54) is 10.9 Å². The molecule has 0 bridgehead atoms. The number of rotatable bonds is 4. The third kappa shape index (κ3) is 4.57. The summed E-state index contributed by atoms with van der Waals surface area (Å²) < 4.78 is 7.53. The SMILES string of the molecule is Cc1nc2ccccc2c(=O)n1N=Cc1cc(Br)ccc1OC(=O)c1ccc(Cl)cc1. The summed E-state index contributed by atoms with van der Waals surface area (Å²) in [6.45, 7) is 1.70. The predicted molar refractivity (Wildman–Crippen MR) is 124 cm³/mol. The lowest BCUT2D eigenvalue weighted by molar-refractivity contribution is 0.0734. The van der Waals surface area contributed by atoms with E-state index >= 15 is 0 Å². The maximum absolute atomic E-state index is 12.8. The number of benzene rings is 3. The number of ether oxygens (including phenoxy) is 1. The van der Waals surface area contributed by atoms with Gasteiger partial charge < -0.3 is 4.74 Å². The zero-order chi connectivity index (χ0) is 22.0. The van der Waals surface area contributed by atoms with E-state index in [0.717, 1.165) is 4.47 Å². The van der Waals surface area contributed by atoms with Gasteiger partial charge in [-0.3, -0.25) is 4.79 Å². The molecule has 0 unspecified atom stereocenters. The van der Waals surface area contributed by atoms with Crippen LogP contribution >= 0.6 is 27.5 Å². The number of carbonyl (C=O) groups is 1. The third-order valence-corrected chi connectivity index (χ3v) is 5.23. The van der Waals surface area contributed by atoms with Crippen molar-refractivity contribution in [2.75, 3.05) is 0 Å². The summed E-state index contributed by atoms with van der Waals surface area (Å²) in [4.78, 5) is 29.7. The van der Waals surface area contributed by atoms with E-state index in [0.29, 0.717) is 38.6 Å². The largest absolute Gasteiger partial charge is 0.422 e. The fraction of sp³-hybridized carbons (Fsp3) is 0.0435. The van der Waals surface area contributed by atoms with Crippen molar-refractivity contribution in [3.05, 3.63) is 104 Å². The van der Waals surface area contributed by atoms with Crippen molar-refractivity contribution in [3.8, 4) is 5.75 Å². The Morgan fingerprint density at radius 2 is 1.87 bits per heavy atom. The van der Waals surface area contributed by atoms with Gasteiger partial charge in [-0.2, -0.15) is 9.78 Å². The van der Waals surface area contributed by atoms with Gasteiger partial charge in [-0.05, 0) is 61.5 Å². The fourth-order valence-corrected chi connectivity index (χ4v) is 3.45. The van der Waals surface area contributed by atoms with Gasteiger partial charge in [0.25, 0.3) is 5.56 Å². The third-order valence-electron chi connectivity index (χ3n) is 4.48. The van der Waals surface area contributed by atoms with Gasteiger partial charge in [0.2, 0.25) is 0 Å². The van der Waals surface area contributed by atoms with Crippen molar-refractivity contribution in [2.45, 2.75) is 6.92 Å². The maximum atomic E-state index is 12.8. The van der Waals surface area contributed by atoms with Crippen molar-refractivity contribution in [1.29, 1.82) is 0 Å². The van der Waals surface area contributed by atoms with Crippen molar-refractivity contribution in [2.24, 2.45) is 5.10 Å². The van der Waals surface area contributed by atoms with E-state index in [1.807, 2.05) is 6.07 Å². The van der Waals surface area contributed by atoms with Crippen LogP contribution in [0.1, 0.15) is 21.7 Å². The van der Waals surface area contributed by atoms with Crippen LogP contribution in [0, 0.1) is 6.92 Å². The molecule has 0 amide bonds. The van der Waals surface area contributed by atoms with Crippen molar-refractivity contribution >= 4 is 50.6 Å². The minimum atomic E-state index is -0.533. The molecule has 3 aromatic carbocycles. The lowest BCUT2D eigenvalue weighted by Gasteiger charge is -2.09. The van der Waals surface area contributed by atoms with Crippen LogP contribution in [0.3, 0.4) is 0 Å². The van der Waals surface area contributed by atoms with E-state index in [9.17, 15) is 9.59 Å². The number of esters is 1. The molecule has 4 aromatic rings. The Labute approximate surface area is 190 Å². The summed E-state index contributed by atoms with van der Waals surface area (Å²) in [5.41, 5.74) is 1.20. The van der Waals surface area contributed by atoms with Crippen molar-refractivity contribution in [1.82, 2.24) is 9.66 Å². The highest BCUT2D eigenvalue weighted by molar-refractivity contribution is 9.10. The maximum Gasteiger partial charge on any atom is 0.343 e. The Morgan fingerprint density at radius 1 is 1.13 bits per heavy atom. The molecule has 0 spiro atoms. The zero-order valence-corrected chi connectivity index (χ0v) is 18.6. The van der Waals surface area contributed by atoms with Crippen LogP contribution in [0.2, 0.25) is 5.02 Å². The Hall–Kier alpha value is -3.29. The van der Waals surface area contributed by atoms with E-state index in [4.69, 9.17) is 16.3 Å². The molecule has 0 atom stereocenters. The van der Waals surface area contributed by atoms with E-state index < -0.39 is 5.97 Å². The smallest absolute Gasteiger partial charge is 0.343 e. The molecule has 31 heavy (non-hydrogen) atoms. The summed E-state index contributed by atoms with van der Waals surface area (Å²) in [6, 6.07) is 18.6. The summed E-state index contributed by atoms with van der Waals surface area (Å²) in [7, 11) is 0. The highest BCUT2D eigenvalue weighted by Gasteiger charge is 2.12. The molecule has 0 aliphatic rings. The van der Waals surface area contributed by atoms with Crippen LogP contribution < -0.4 is 10.3 Å². The van der Waals surface area contributed by atoms with Gasteiger partial charge >= 0.3 is 5.97 Å². The molecule has 1 heterocycles. The number of hydrogen-bond acceptors (Lipinski definition) is 5. The number of hydrogen-bond donors (Lipinski definition) is 0. The summed E-state index contributed by atoms with van der Waals surface area (Å²) >= 11 is 9.28. The average Bonchev–Trinajstić information content (AvgIpc) is 2.75. The predicted octanol–water partition coefficient (Wildman–Crippen LogP) is 5.22. The Bertz CT molecular complexity index is 1380. The van der Waals surface area contributed by atoms with Crippen LogP contribution in [0.25, 0.3) is 10.9 Å². The summed E-state index contributed by atoms with van der Waals surface area (Å²) in [6.07, 6.45) is 1.46. The molecule has 0 aliphatic heterocycles. The molecule has 0 aliphatic carbocycles. The van der Waals surface area contributed by atoms with Gasteiger partial charge in [0.15, 0.2) is 0 Å². The molecule has 0 saturated carbocycles. The lowest BCUT2D eigenvalue weighted by atomic mass is 10.2. The monoisotopic (exact) mass is 495 g/mol. The molecule has 0 N–H and O–H groups in total. The van der Waals surface area contributed by atoms with Crippen LogP contribution in [0.15, 0.2) is 81.1 Å². The molecule has 0 fully saturated rings. The summed E-state index contributed by atoms with van der Waals surface area (Å²) in [5, 5.41) is 5.30. The Kier molecular flexibility index (Phi) is 5.97. The fourth-order valence-electron chi connectivity index (χ4n) is 2.95. The molecule has 0 saturated heterocycles. The number of carbonyl (C=O) groups excluding carboxylic acids is 1. The van der Waals surface area contributed by atoms with Gasteiger partial charge in [0.1, 0.15) is 11.6 Å². The van der Waals surface area contributed by atoms with Crippen LogP contribution in [-0.4, -0.2) is 21.8 Å². The lowest BCUT2D eigenvalue weighted by Crippen LogP contribution is -2.20. The van der Waals surface area contributed by atoms with Gasteiger partial charge in [-0.15, -0.1) is 0 Å². The number of para-hydroxylation sites is 1. The second kappa shape index (κ2) is 8.83. The second-order valence-electron chi connectivity index (χ2n) is 6.62. The van der Waals surface area contributed by atoms with Gasteiger partial charge in [0.05, 0.1) is 22.7 Å². The standard InChI is InChI=1S/C23H15BrClN3O3/c1-14-27-20-5-3-2-4-19(20)22(29)28(14)26-13-16-12-17(24)8-11-21(16)31-23(30)15-6-9-18(25)10-7-15/h2-13H,1H3. The van der Waals surface area contributed by atoms with E-state index in [-0.39, 0.29) is 5.56 Å². The number of nitrogens with zero attached hydrogens (tertiary/aromatic N) is 3. The number of aryl methyl sites for hydroxylation is 1. The zero-order valence-electron chi connectivity index (χ0n) is 16.3. The Morgan fingerprint density at radius 3 is 2.65 bits per heavy atom. The first-order valence-corrected chi connectivity index (χ1v) is 10.4. The number of fused-ring (bicyclic) bond motifs is 1. The number of halogens is 2. The van der Waals surface area contributed by atoms with E-state index in [1.54, 1.807) is 67.6 Å².